The Kier molecular flexibility index (Phi) is 11.1. The van der Waals surface area contributed by atoms with Gasteiger partial charge in [-0.15, -0.1) is 0 Å². The molecule has 40 heavy (non-hydrogen) atoms. The number of carbonyl (C=O) groups excluding carboxylic acids is 2. The van der Waals surface area contributed by atoms with E-state index in [2.05, 4.69) is 5.32 Å². The number of benzene rings is 1. The van der Waals surface area contributed by atoms with Gasteiger partial charge in [-0.3, -0.25) is 4.79 Å². The molecule has 2 aliphatic rings. The van der Waals surface area contributed by atoms with Gasteiger partial charge >= 0.3 is 5.97 Å². The number of carbonyl (C=O) groups is 2. The van der Waals surface area contributed by atoms with E-state index in [-0.39, 0.29) is 43.1 Å². The number of rotatable bonds is 8. The highest BCUT2D eigenvalue weighted by molar-refractivity contribution is 5.97. The van der Waals surface area contributed by atoms with Crippen LogP contribution in [0, 0.1) is 5.92 Å². The van der Waals surface area contributed by atoms with Crippen LogP contribution >= 0.6 is 0 Å². The maximum absolute atomic E-state index is 13.5. The van der Waals surface area contributed by atoms with Gasteiger partial charge in [0.05, 0.1) is 6.10 Å². The second-order valence-corrected chi connectivity index (χ2v) is 10.5. The van der Waals surface area contributed by atoms with Crippen LogP contribution in [0.1, 0.15) is 57.0 Å². The Bertz CT molecular complexity index is 1080. The fraction of sp³-hybridized carbons (Fsp3) is 0.586. The van der Waals surface area contributed by atoms with Gasteiger partial charge in [-0.05, 0) is 38.8 Å². The molecule has 1 aromatic carbocycles. The molecule has 11 nitrogen and oxygen atoms in total. The van der Waals surface area contributed by atoms with Crippen molar-refractivity contribution in [1.82, 2.24) is 5.32 Å². The molecule has 0 saturated carbocycles. The number of ether oxygens (including phenoxy) is 6. The lowest BCUT2D eigenvalue weighted by atomic mass is 9.99. The van der Waals surface area contributed by atoms with Crippen molar-refractivity contribution in [3.8, 4) is 11.5 Å². The highest BCUT2D eigenvalue weighted by Gasteiger charge is 2.43. The monoisotopic (exact) mass is 563 g/mol. The number of cyclic esters (lactones) is 1. The molecular weight excluding hydrogens is 522 g/mol. The highest BCUT2D eigenvalue weighted by Crippen LogP contribution is 2.35. The number of esters is 1. The van der Waals surface area contributed by atoms with E-state index in [4.69, 9.17) is 28.4 Å². The zero-order chi connectivity index (χ0) is 29.4. The molecular formula is C29H41NO10. The Balaban J connectivity index is 2.00. The molecule has 222 valence electrons. The van der Waals surface area contributed by atoms with Crippen LogP contribution < -0.4 is 14.8 Å². The predicted octanol–water partition coefficient (Wildman–Crippen LogP) is 2.58. The van der Waals surface area contributed by atoms with Gasteiger partial charge in [0, 0.05) is 32.6 Å². The smallest absolute Gasteiger partial charge is 0.342 e. The van der Waals surface area contributed by atoms with Gasteiger partial charge in [0.1, 0.15) is 48.1 Å². The van der Waals surface area contributed by atoms with E-state index in [0.717, 1.165) is 0 Å². The first-order valence-corrected chi connectivity index (χ1v) is 13.3. The van der Waals surface area contributed by atoms with E-state index in [1.807, 2.05) is 13.0 Å². The second-order valence-electron chi connectivity index (χ2n) is 10.5. The summed E-state index contributed by atoms with van der Waals surface area (Å²) in [5, 5.41) is 23.6. The van der Waals surface area contributed by atoms with E-state index >= 15 is 0 Å². The van der Waals surface area contributed by atoms with Crippen LogP contribution in [-0.4, -0.2) is 85.5 Å². The van der Waals surface area contributed by atoms with Gasteiger partial charge in [-0.25, -0.2) is 4.79 Å². The molecule has 0 bridgehead atoms. The van der Waals surface area contributed by atoms with E-state index < -0.39 is 42.3 Å². The lowest BCUT2D eigenvalue weighted by Crippen LogP contribution is -2.34. The number of methoxy groups -OCH3 is 1. The molecule has 3 rings (SSSR count). The number of hydrogen-bond acceptors (Lipinski definition) is 10. The minimum atomic E-state index is -0.956. The number of hydrogen-bond donors (Lipinski definition) is 3. The van der Waals surface area contributed by atoms with E-state index in [1.165, 1.54) is 20.1 Å². The normalized spacial score (nSPS) is 27.9. The number of amides is 1. The van der Waals surface area contributed by atoms with Crippen LogP contribution in [0.25, 0.3) is 6.08 Å². The largest absolute Gasteiger partial charge is 0.491 e. The molecule has 0 radical (unpaired) electrons. The standard InChI is InChI=1S/C29H41NO10/c1-17-10-11-23(33)27-24(39-29(4,5)40-27)9-7-8-20-12-22(36-15-21(32)14-30-19(3)31)13-25(37-16-35-6)26(20)28(34)38-18(17)2/h7-8,10-13,17-18,21,23-24,27,32-33H,9,14-16H2,1-6H3,(H,30,31)/b8-7?,11-10-/t17-,18+,21?,23?,24+,27-/m1/s1. The fourth-order valence-electron chi connectivity index (χ4n) is 4.35. The summed E-state index contributed by atoms with van der Waals surface area (Å²) < 4.78 is 34.5. The van der Waals surface area contributed by atoms with E-state index in [1.54, 1.807) is 45.1 Å². The first-order valence-electron chi connectivity index (χ1n) is 13.3. The van der Waals surface area contributed by atoms with Gasteiger partial charge in [0.15, 0.2) is 12.6 Å². The zero-order valence-electron chi connectivity index (χ0n) is 23.9. The minimum Gasteiger partial charge on any atom is -0.491 e. The summed E-state index contributed by atoms with van der Waals surface area (Å²) in [7, 11) is 1.46. The molecule has 0 aromatic heterocycles. The number of fused-ring (bicyclic) bond motifs is 2. The molecule has 1 aromatic rings. The van der Waals surface area contributed by atoms with Gasteiger partial charge in [0.2, 0.25) is 5.91 Å². The summed E-state index contributed by atoms with van der Waals surface area (Å²) in [5.74, 6) is -1.46. The Morgan fingerprint density at radius 2 is 1.95 bits per heavy atom. The van der Waals surface area contributed by atoms with Gasteiger partial charge < -0.3 is 44.0 Å². The molecule has 11 heteroatoms. The first-order chi connectivity index (χ1) is 18.9. The number of aliphatic hydroxyl groups is 2. The number of nitrogens with one attached hydrogen (secondary N) is 1. The first kappa shape index (κ1) is 31.6. The average molecular weight is 564 g/mol. The Morgan fingerprint density at radius 3 is 2.65 bits per heavy atom. The number of aliphatic hydroxyl groups excluding tert-OH is 2. The summed E-state index contributed by atoms with van der Waals surface area (Å²) in [6.45, 7) is 8.38. The Morgan fingerprint density at radius 1 is 1.20 bits per heavy atom. The van der Waals surface area contributed by atoms with Crippen molar-refractivity contribution in [2.24, 2.45) is 5.92 Å². The van der Waals surface area contributed by atoms with Gasteiger partial charge in [-0.2, -0.15) is 0 Å². The van der Waals surface area contributed by atoms with Crippen LogP contribution in [0.2, 0.25) is 0 Å². The summed E-state index contributed by atoms with van der Waals surface area (Å²) in [6, 6.07) is 3.16. The molecule has 2 heterocycles. The molecule has 1 fully saturated rings. The lowest BCUT2D eigenvalue weighted by molar-refractivity contribution is -0.152. The highest BCUT2D eigenvalue weighted by atomic mass is 16.8. The van der Waals surface area contributed by atoms with Crippen molar-refractivity contribution in [1.29, 1.82) is 0 Å². The van der Waals surface area contributed by atoms with Crippen molar-refractivity contribution in [3.63, 3.8) is 0 Å². The molecule has 0 spiro atoms. The van der Waals surface area contributed by atoms with Crippen LogP contribution in [0.5, 0.6) is 11.5 Å². The van der Waals surface area contributed by atoms with Crippen molar-refractivity contribution in [2.45, 2.75) is 77.3 Å². The summed E-state index contributed by atoms with van der Waals surface area (Å²) in [4.78, 5) is 24.6. The van der Waals surface area contributed by atoms with Crippen molar-refractivity contribution in [3.05, 3.63) is 41.5 Å². The lowest BCUT2D eigenvalue weighted by Gasteiger charge is -2.23. The maximum atomic E-state index is 13.5. The van der Waals surface area contributed by atoms with Crippen LogP contribution in [-0.2, 0) is 23.7 Å². The van der Waals surface area contributed by atoms with Crippen molar-refractivity contribution >= 4 is 18.0 Å². The third kappa shape index (κ3) is 8.77. The van der Waals surface area contributed by atoms with Crippen molar-refractivity contribution in [2.75, 3.05) is 27.1 Å². The third-order valence-electron chi connectivity index (χ3n) is 6.54. The molecule has 2 unspecified atom stereocenters. The Labute approximate surface area is 235 Å². The SMILES string of the molecule is COCOc1cc(OCC(O)CNC(C)=O)cc2c1C(=O)O[C@@H](C)[C@H](C)/C=C\C(O)[C@H]1OC(C)(C)O[C@H]1CC=C2. The Hall–Kier alpha value is -2.96. The van der Waals surface area contributed by atoms with Crippen LogP contribution in [0.15, 0.2) is 30.4 Å². The summed E-state index contributed by atoms with van der Waals surface area (Å²) >= 11 is 0. The van der Waals surface area contributed by atoms with E-state index in [0.29, 0.717) is 17.7 Å². The van der Waals surface area contributed by atoms with Crippen LogP contribution in [0.4, 0.5) is 0 Å². The molecule has 6 atom stereocenters. The maximum Gasteiger partial charge on any atom is 0.342 e. The topological polar surface area (TPSA) is 142 Å². The summed E-state index contributed by atoms with van der Waals surface area (Å²) in [6.07, 6.45) is 3.94. The minimum absolute atomic E-state index is 0.0247. The summed E-state index contributed by atoms with van der Waals surface area (Å²) in [5.41, 5.74) is 0.632. The fourth-order valence-corrected chi connectivity index (χ4v) is 4.35. The molecule has 1 saturated heterocycles. The third-order valence-corrected chi connectivity index (χ3v) is 6.54. The quantitative estimate of drug-likeness (QED) is 0.245. The van der Waals surface area contributed by atoms with E-state index in [9.17, 15) is 19.8 Å². The van der Waals surface area contributed by atoms with Crippen LogP contribution in [0.3, 0.4) is 0 Å². The van der Waals surface area contributed by atoms with Gasteiger partial charge in [0.25, 0.3) is 0 Å². The molecule has 0 aliphatic carbocycles. The molecule has 1 amide bonds. The molecule has 3 N–H and O–H groups in total. The van der Waals surface area contributed by atoms with Crippen molar-refractivity contribution < 1.29 is 48.2 Å². The predicted molar refractivity (Wildman–Crippen MR) is 146 cm³/mol. The average Bonchev–Trinajstić information content (AvgIpc) is 3.21. The second kappa shape index (κ2) is 14.1. The van der Waals surface area contributed by atoms with Gasteiger partial charge in [-0.1, -0.05) is 31.2 Å². The molecule has 2 aliphatic heterocycles. The zero-order valence-corrected chi connectivity index (χ0v) is 23.9.